The van der Waals surface area contributed by atoms with Crippen molar-refractivity contribution in [3.8, 4) is 0 Å². The fourth-order valence-corrected chi connectivity index (χ4v) is 12.0. The lowest BCUT2D eigenvalue weighted by molar-refractivity contribution is -0.332. The Morgan fingerprint density at radius 1 is 0.917 bits per heavy atom. The molecule has 1 unspecified atom stereocenters. The summed E-state index contributed by atoms with van der Waals surface area (Å²) in [7, 11) is 13.1. The second-order valence-corrected chi connectivity index (χ2v) is 12.5. The third kappa shape index (κ3) is 2.47. The first-order chi connectivity index (χ1) is 17.4. The van der Waals surface area contributed by atoms with Gasteiger partial charge in [-0.2, -0.15) is 0 Å². The predicted molar refractivity (Wildman–Crippen MR) is 133 cm³/mol. The molecule has 0 N–H and O–H groups in total. The molecule has 8 heteroatoms. The maximum absolute atomic E-state index is 6.96. The first-order valence-electron chi connectivity index (χ1n) is 13.9. The van der Waals surface area contributed by atoms with E-state index in [9.17, 15) is 0 Å². The molecular formula is C28H47NO7. The highest BCUT2D eigenvalue weighted by Gasteiger charge is 2.92. The van der Waals surface area contributed by atoms with Crippen molar-refractivity contribution in [2.75, 3.05) is 69.5 Å². The summed E-state index contributed by atoms with van der Waals surface area (Å²) in [6.07, 6.45) is 3.96. The SMILES string of the molecule is CCN1C[C@]2(COC)CCC(OC)[C@@]34[C@@H]5C[C@H]6[C@H](OC)[C@@H]5[C@](OC)(C[C@@H]6OC)[C@](OC)([C@@H](OC)[C@H]23)[C@@H]14. The molecule has 0 amide bonds. The van der Waals surface area contributed by atoms with Crippen LogP contribution in [0.3, 0.4) is 0 Å². The lowest BCUT2D eigenvalue weighted by Crippen LogP contribution is -2.82. The third-order valence-corrected chi connectivity index (χ3v) is 12.4. The molecule has 5 saturated carbocycles. The van der Waals surface area contributed by atoms with E-state index in [1.54, 1.807) is 0 Å². The normalized spacial score (nSPS) is 56.8. The standard InChI is InChI=1S/C28H47NO7/c1-9-29-14-25(15-30-2)11-10-19(32-4)27-17-12-16-18(31-3)13-26(35-7,20(17)21(16)33-5)28(36-8,24(27)29)23(34-6)22(25)27/h16-24H,9-15H2,1-8H3/t16-,17-,18+,19?,20-,21+,22-,23+,24+,25+,26-,27+,28+/m1/s1. The van der Waals surface area contributed by atoms with Crippen LogP contribution in [0.5, 0.6) is 0 Å². The van der Waals surface area contributed by atoms with Crippen LogP contribution in [0.2, 0.25) is 0 Å². The maximum Gasteiger partial charge on any atom is 0.139 e. The minimum absolute atomic E-state index is 0.0356. The van der Waals surface area contributed by atoms with Crippen LogP contribution in [0.15, 0.2) is 0 Å². The van der Waals surface area contributed by atoms with Gasteiger partial charge in [-0.05, 0) is 31.7 Å². The molecule has 206 valence electrons. The number of fused-ring (bicyclic) bond motifs is 2. The Bertz CT molecular complexity index is 860. The van der Waals surface area contributed by atoms with Crippen LogP contribution in [0, 0.1) is 34.5 Å². The number of hydrogen-bond acceptors (Lipinski definition) is 8. The van der Waals surface area contributed by atoms with E-state index in [1.807, 2.05) is 49.8 Å². The van der Waals surface area contributed by atoms with Crippen molar-refractivity contribution in [3.05, 3.63) is 0 Å². The van der Waals surface area contributed by atoms with E-state index in [-0.39, 0.29) is 53.1 Å². The number of likely N-dealkylation sites (N-methyl/N-ethyl adjacent to an activating group) is 1. The summed E-state index contributed by atoms with van der Waals surface area (Å²) in [5.41, 5.74) is -1.50. The highest BCUT2D eigenvalue weighted by atomic mass is 16.6. The second-order valence-electron chi connectivity index (χ2n) is 12.5. The average Bonchev–Trinajstić information content (AvgIpc) is 3.32. The Labute approximate surface area is 216 Å². The predicted octanol–water partition coefficient (Wildman–Crippen LogP) is 2.23. The van der Waals surface area contributed by atoms with E-state index in [0.29, 0.717) is 18.4 Å². The molecule has 0 radical (unpaired) electrons. The van der Waals surface area contributed by atoms with Crippen molar-refractivity contribution in [2.24, 2.45) is 34.5 Å². The molecule has 5 aliphatic carbocycles. The summed E-state index contributed by atoms with van der Waals surface area (Å²) in [6, 6.07) is 0.109. The van der Waals surface area contributed by atoms with Crippen LogP contribution in [0.4, 0.5) is 0 Å². The van der Waals surface area contributed by atoms with Crippen molar-refractivity contribution >= 4 is 0 Å². The Morgan fingerprint density at radius 2 is 1.69 bits per heavy atom. The largest absolute Gasteiger partial charge is 0.384 e. The van der Waals surface area contributed by atoms with E-state index < -0.39 is 11.2 Å². The van der Waals surface area contributed by atoms with Gasteiger partial charge < -0.3 is 33.2 Å². The lowest BCUT2D eigenvalue weighted by Gasteiger charge is -2.71. The van der Waals surface area contributed by atoms with Gasteiger partial charge in [-0.1, -0.05) is 6.92 Å². The molecule has 6 fully saturated rings. The highest BCUT2D eigenvalue weighted by molar-refractivity contribution is 5.42. The Hall–Kier alpha value is -0.320. The van der Waals surface area contributed by atoms with Crippen molar-refractivity contribution in [2.45, 2.75) is 74.3 Å². The zero-order valence-corrected chi connectivity index (χ0v) is 23.5. The van der Waals surface area contributed by atoms with Gasteiger partial charge in [-0.25, -0.2) is 0 Å². The molecule has 8 nitrogen and oxygen atoms in total. The van der Waals surface area contributed by atoms with Crippen LogP contribution >= 0.6 is 0 Å². The van der Waals surface area contributed by atoms with Gasteiger partial charge >= 0.3 is 0 Å². The van der Waals surface area contributed by atoms with Crippen LogP contribution in [0.1, 0.15) is 32.6 Å². The fourth-order valence-electron chi connectivity index (χ4n) is 12.0. The van der Waals surface area contributed by atoms with Crippen LogP contribution in [-0.4, -0.2) is 116 Å². The molecule has 1 heterocycles. The molecule has 7 bridgehead atoms. The topological polar surface area (TPSA) is 67.9 Å². The highest BCUT2D eigenvalue weighted by Crippen LogP contribution is 2.81. The van der Waals surface area contributed by atoms with E-state index in [0.717, 1.165) is 38.8 Å². The van der Waals surface area contributed by atoms with Crippen molar-refractivity contribution in [1.29, 1.82) is 0 Å². The van der Waals surface area contributed by atoms with Crippen molar-refractivity contribution < 1.29 is 33.2 Å². The number of methoxy groups -OCH3 is 7. The molecule has 1 saturated heterocycles. The monoisotopic (exact) mass is 509 g/mol. The van der Waals surface area contributed by atoms with Gasteiger partial charge in [0.25, 0.3) is 0 Å². The molecular weight excluding hydrogens is 462 g/mol. The van der Waals surface area contributed by atoms with E-state index in [1.165, 1.54) is 0 Å². The summed E-state index contributed by atoms with van der Waals surface area (Å²) >= 11 is 0. The smallest absolute Gasteiger partial charge is 0.139 e. The van der Waals surface area contributed by atoms with Gasteiger partial charge in [0.05, 0.1) is 37.1 Å². The molecule has 36 heavy (non-hydrogen) atoms. The van der Waals surface area contributed by atoms with Crippen molar-refractivity contribution in [1.82, 2.24) is 4.90 Å². The third-order valence-electron chi connectivity index (χ3n) is 12.4. The summed E-state index contributed by atoms with van der Waals surface area (Å²) in [5, 5.41) is 0. The summed E-state index contributed by atoms with van der Waals surface area (Å²) in [6.45, 7) is 4.92. The van der Waals surface area contributed by atoms with Gasteiger partial charge in [-0.3, -0.25) is 4.90 Å². The quantitative estimate of drug-likeness (QED) is 0.469. The van der Waals surface area contributed by atoms with Gasteiger partial charge in [0.2, 0.25) is 0 Å². The van der Waals surface area contributed by atoms with Crippen LogP contribution in [-0.2, 0) is 33.2 Å². The summed E-state index contributed by atoms with van der Waals surface area (Å²) < 4.78 is 45.6. The molecule has 1 aliphatic heterocycles. The van der Waals surface area contributed by atoms with E-state index >= 15 is 0 Å². The lowest BCUT2D eigenvalue weighted by atomic mass is 9.42. The summed E-state index contributed by atoms with van der Waals surface area (Å²) in [5.74, 6) is 1.09. The number of hydrogen-bond donors (Lipinski definition) is 0. The zero-order chi connectivity index (χ0) is 25.7. The molecule has 13 atom stereocenters. The number of rotatable bonds is 9. The Kier molecular flexibility index (Phi) is 6.19. The van der Waals surface area contributed by atoms with Gasteiger partial charge in [0.1, 0.15) is 11.2 Å². The molecule has 6 rings (SSSR count). The van der Waals surface area contributed by atoms with Gasteiger partial charge in [0, 0.05) is 91.3 Å². The number of likely N-dealkylation sites (tertiary alicyclic amines) is 1. The first-order valence-corrected chi connectivity index (χ1v) is 13.9. The average molecular weight is 510 g/mol. The fraction of sp³-hybridized carbons (Fsp3) is 1.00. The van der Waals surface area contributed by atoms with Crippen LogP contribution in [0.25, 0.3) is 0 Å². The molecule has 1 spiro atoms. The minimum atomic E-state index is -0.697. The van der Waals surface area contributed by atoms with Crippen molar-refractivity contribution in [3.63, 3.8) is 0 Å². The zero-order valence-electron chi connectivity index (χ0n) is 23.5. The Morgan fingerprint density at radius 3 is 2.25 bits per heavy atom. The minimum Gasteiger partial charge on any atom is -0.384 e. The van der Waals surface area contributed by atoms with E-state index in [2.05, 4.69) is 11.8 Å². The number of ether oxygens (including phenoxy) is 7. The molecule has 6 aliphatic rings. The first kappa shape index (κ1) is 25.9. The van der Waals surface area contributed by atoms with Crippen LogP contribution < -0.4 is 0 Å². The van der Waals surface area contributed by atoms with E-state index in [4.69, 9.17) is 33.2 Å². The number of piperidine rings is 1. The summed E-state index contributed by atoms with van der Waals surface area (Å²) in [4.78, 5) is 2.69. The van der Waals surface area contributed by atoms with Gasteiger partial charge in [0.15, 0.2) is 0 Å². The number of nitrogens with zero attached hydrogens (tertiary/aromatic N) is 1. The molecule has 0 aromatic carbocycles. The maximum atomic E-state index is 6.96. The molecule has 0 aromatic heterocycles. The molecule has 0 aromatic rings. The van der Waals surface area contributed by atoms with Gasteiger partial charge in [-0.15, -0.1) is 0 Å². The Balaban J connectivity index is 1.72. The second kappa shape index (κ2) is 8.59.